The van der Waals surface area contributed by atoms with Crippen molar-refractivity contribution >= 4 is 5.69 Å². The number of hydrogen-bond acceptors (Lipinski definition) is 2. The van der Waals surface area contributed by atoms with Crippen molar-refractivity contribution in [2.24, 2.45) is 5.73 Å². The van der Waals surface area contributed by atoms with Crippen LogP contribution in [0.25, 0.3) is 0 Å². The van der Waals surface area contributed by atoms with Crippen LogP contribution in [-0.2, 0) is 6.42 Å². The molecule has 1 aromatic rings. The first-order valence-corrected chi connectivity index (χ1v) is 3.47. The maximum absolute atomic E-state index is 12.6. The molecule has 60 valence electrons. The molecule has 0 unspecified atom stereocenters. The van der Waals surface area contributed by atoms with Gasteiger partial charge in [0.05, 0.1) is 0 Å². The predicted molar refractivity (Wildman–Crippen MR) is 43.6 cm³/mol. The first-order valence-electron chi connectivity index (χ1n) is 3.47. The monoisotopic (exact) mass is 154 g/mol. The summed E-state index contributed by atoms with van der Waals surface area (Å²) in [5, 5.41) is 0. The van der Waals surface area contributed by atoms with Crippen LogP contribution in [0, 0.1) is 5.82 Å². The van der Waals surface area contributed by atoms with E-state index in [0.717, 1.165) is 5.56 Å². The number of halogens is 1. The zero-order valence-corrected chi connectivity index (χ0v) is 6.18. The third-order valence-electron chi connectivity index (χ3n) is 1.41. The van der Waals surface area contributed by atoms with Crippen molar-refractivity contribution in [2.45, 2.75) is 6.42 Å². The predicted octanol–water partition coefficient (Wildman–Crippen LogP) is 0.909. The van der Waals surface area contributed by atoms with Crippen molar-refractivity contribution in [3.05, 3.63) is 29.6 Å². The zero-order valence-electron chi connectivity index (χ0n) is 6.18. The van der Waals surface area contributed by atoms with E-state index in [9.17, 15) is 4.39 Å². The number of rotatable bonds is 2. The van der Waals surface area contributed by atoms with Gasteiger partial charge in [0, 0.05) is 5.69 Å². The Hall–Kier alpha value is -1.09. The summed E-state index contributed by atoms with van der Waals surface area (Å²) in [6.07, 6.45) is 0.669. The molecule has 0 aliphatic rings. The Labute approximate surface area is 65.0 Å². The van der Waals surface area contributed by atoms with E-state index in [2.05, 4.69) is 0 Å². The minimum atomic E-state index is -0.298. The molecule has 0 saturated heterocycles. The van der Waals surface area contributed by atoms with Gasteiger partial charge < -0.3 is 11.5 Å². The smallest absolute Gasteiger partial charge is 0.125 e. The molecular formula is C8H11FN2. The Bertz CT molecular complexity index is 228. The van der Waals surface area contributed by atoms with Crippen LogP contribution in [0.2, 0.25) is 0 Å². The highest BCUT2D eigenvalue weighted by Gasteiger charge is 1.96. The molecule has 4 N–H and O–H groups in total. The first-order chi connectivity index (χ1) is 5.22. The van der Waals surface area contributed by atoms with E-state index in [0.29, 0.717) is 18.7 Å². The minimum absolute atomic E-state index is 0.298. The van der Waals surface area contributed by atoms with Crippen LogP contribution < -0.4 is 11.5 Å². The number of nitrogen functional groups attached to an aromatic ring is 1. The summed E-state index contributed by atoms with van der Waals surface area (Å²) >= 11 is 0. The van der Waals surface area contributed by atoms with Crippen LogP contribution in [0.5, 0.6) is 0 Å². The zero-order chi connectivity index (χ0) is 8.27. The Morgan fingerprint density at radius 1 is 1.27 bits per heavy atom. The maximum atomic E-state index is 12.6. The van der Waals surface area contributed by atoms with Crippen LogP contribution in [0.3, 0.4) is 0 Å². The van der Waals surface area contributed by atoms with Gasteiger partial charge in [-0.1, -0.05) is 0 Å². The van der Waals surface area contributed by atoms with Crippen molar-refractivity contribution in [3.63, 3.8) is 0 Å². The quantitative estimate of drug-likeness (QED) is 0.622. The fourth-order valence-electron chi connectivity index (χ4n) is 0.986. The van der Waals surface area contributed by atoms with E-state index in [1.165, 1.54) is 12.1 Å². The Balaban J connectivity index is 2.89. The van der Waals surface area contributed by atoms with Gasteiger partial charge >= 0.3 is 0 Å². The average molecular weight is 154 g/mol. The number of benzene rings is 1. The van der Waals surface area contributed by atoms with Crippen molar-refractivity contribution in [1.29, 1.82) is 0 Å². The molecule has 1 aromatic carbocycles. The molecule has 3 heteroatoms. The van der Waals surface area contributed by atoms with Gasteiger partial charge in [-0.25, -0.2) is 4.39 Å². The molecule has 0 radical (unpaired) electrons. The molecule has 11 heavy (non-hydrogen) atoms. The van der Waals surface area contributed by atoms with Crippen molar-refractivity contribution in [1.82, 2.24) is 0 Å². The van der Waals surface area contributed by atoms with Gasteiger partial charge in [-0.05, 0) is 36.7 Å². The van der Waals surface area contributed by atoms with Gasteiger partial charge in [0.2, 0.25) is 0 Å². The minimum Gasteiger partial charge on any atom is -0.399 e. The number of nitrogens with two attached hydrogens (primary N) is 2. The molecule has 0 aliphatic heterocycles. The molecule has 0 amide bonds. The lowest BCUT2D eigenvalue weighted by molar-refractivity contribution is 0.626. The summed E-state index contributed by atoms with van der Waals surface area (Å²) < 4.78 is 12.6. The van der Waals surface area contributed by atoms with E-state index in [1.54, 1.807) is 6.07 Å². The summed E-state index contributed by atoms with van der Waals surface area (Å²) in [4.78, 5) is 0. The molecule has 0 aromatic heterocycles. The van der Waals surface area contributed by atoms with Crippen LogP contribution in [0.1, 0.15) is 5.56 Å². The number of hydrogen-bond donors (Lipinski definition) is 2. The standard InChI is InChI=1S/C8H11FN2/c9-7-3-6(1-2-10)4-8(11)5-7/h3-5H,1-2,10-11H2. The summed E-state index contributed by atoms with van der Waals surface area (Å²) in [5.74, 6) is -0.298. The molecule has 1 rings (SSSR count). The molecule has 0 fully saturated rings. The van der Waals surface area contributed by atoms with E-state index >= 15 is 0 Å². The molecule has 0 spiro atoms. The van der Waals surface area contributed by atoms with Gasteiger partial charge in [0.1, 0.15) is 5.82 Å². The molecule has 0 atom stereocenters. The van der Waals surface area contributed by atoms with Gasteiger partial charge in [-0.15, -0.1) is 0 Å². The fraction of sp³-hybridized carbons (Fsp3) is 0.250. The third kappa shape index (κ3) is 2.20. The molecule has 2 nitrogen and oxygen atoms in total. The van der Waals surface area contributed by atoms with Gasteiger partial charge in [-0.2, -0.15) is 0 Å². The third-order valence-corrected chi connectivity index (χ3v) is 1.41. The lowest BCUT2D eigenvalue weighted by atomic mass is 10.1. The molecule has 0 heterocycles. The highest BCUT2D eigenvalue weighted by molar-refractivity contribution is 5.41. The Kier molecular flexibility index (Phi) is 2.44. The van der Waals surface area contributed by atoms with Crippen LogP contribution in [-0.4, -0.2) is 6.54 Å². The van der Waals surface area contributed by atoms with Crippen LogP contribution in [0.4, 0.5) is 10.1 Å². The average Bonchev–Trinajstić information content (AvgIpc) is 1.85. The Morgan fingerprint density at radius 2 is 2.00 bits per heavy atom. The second-order valence-corrected chi connectivity index (χ2v) is 2.43. The summed E-state index contributed by atoms with van der Waals surface area (Å²) in [7, 11) is 0. The first kappa shape index (κ1) is 8.01. The maximum Gasteiger partial charge on any atom is 0.125 e. The SMILES string of the molecule is NCCc1cc(N)cc(F)c1. The molecule has 0 bridgehead atoms. The van der Waals surface area contributed by atoms with E-state index in [4.69, 9.17) is 11.5 Å². The molecule has 0 aliphatic carbocycles. The van der Waals surface area contributed by atoms with Crippen LogP contribution in [0.15, 0.2) is 18.2 Å². The lowest BCUT2D eigenvalue weighted by Crippen LogP contribution is -2.03. The molecule has 0 saturated carbocycles. The van der Waals surface area contributed by atoms with E-state index < -0.39 is 0 Å². The van der Waals surface area contributed by atoms with Crippen molar-refractivity contribution < 1.29 is 4.39 Å². The van der Waals surface area contributed by atoms with E-state index in [1.807, 2.05) is 0 Å². The fourth-order valence-corrected chi connectivity index (χ4v) is 0.986. The second kappa shape index (κ2) is 3.34. The topological polar surface area (TPSA) is 52.0 Å². The van der Waals surface area contributed by atoms with E-state index in [-0.39, 0.29) is 5.82 Å². The van der Waals surface area contributed by atoms with Crippen molar-refractivity contribution in [2.75, 3.05) is 12.3 Å². The largest absolute Gasteiger partial charge is 0.399 e. The van der Waals surface area contributed by atoms with Crippen LogP contribution >= 0.6 is 0 Å². The van der Waals surface area contributed by atoms with Gasteiger partial charge in [-0.3, -0.25) is 0 Å². The summed E-state index contributed by atoms with van der Waals surface area (Å²) in [6.45, 7) is 0.517. The number of anilines is 1. The summed E-state index contributed by atoms with van der Waals surface area (Å²) in [6, 6.07) is 4.47. The Morgan fingerprint density at radius 3 is 2.55 bits per heavy atom. The van der Waals surface area contributed by atoms with Gasteiger partial charge in [0.25, 0.3) is 0 Å². The highest BCUT2D eigenvalue weighted by atomic mass is 19.1. The second-order valence-electron chi connectivity index (χ2n) is 2.43. The lowest BCUT2D eigenvalue weighted by Gasteiger charge is -2.00. The highest BCUT2D eigenvalue weighted by Crippen LogP contribution is 2.10. The summed E-state index contributed by atoms with van der Waals surface area (Å²) in [5.41, 5.74) is 12.0. The van der Waals surface area contributed by atoms with Gasteiger partial charge in [0.15, 0.2) is 0 Å². The van der Waals surface area contributed by atoms with Crippen molar-refractivity contribution in [3.8, 4) is 0 Å². The normalized spacial score (nSPS) is 10.0. The molecular weight excluding hydrogens is 143 g/mol.